The Hall–Kier alpha value is -3.39. The zero-order valence-electron chi connectivity index (χ0n) is 20.5. The third-order valence-corrected chi connectivity index (χ3v) is 7.39. The smallest absolute Gasteiger partial charge is 0.246 e. The fraction of sp³-hybridized carbons (Fsp3) is 0.179. The van der Waals surface area contributed by atoms with Crippen LogP contribution in [0.25, 0.3) is 16.3 Å². The van der Waals surface area contributed by atoms with E-state index in [1.165, 1.54) is 11.0 Å². The summed E-state index contributed by atoms with van der Waals surface area (Å²) in [5.74, 6) is -0.0776. The number of thiazole rings is 1. The van der Waals surface area contributed by atoms with Crippen molar-refractivity contribution in [1.82, 2.24) is 10.3 Å². The third kappa shape index (κ3) is 6.49. The molecule has 4 rings (SSSR count). The molecule has 37 heavy (non-hydrogen) atoms. The number of nitrogens with one attached hydrogen (secondary N) is 1. The Morgan fingerprint density at radius 1 is 1.08 bits per heavy atom. The average Bonchev–Trinajstić information content (AvgIpc) is 3.27. The summed E-state index contributed by atoms with van der Waals surface area (Å²) < 4.78 is 7.06. The lowest BCUT2D eigenvalue weighted by molar-refractivity contribution is -0.122. The minimum atomic E-state index is -0.370. The van der Waals surface area contributed by atoms with Crippen molar-refractivity contribution in [2.24, 2.45) is 0 Å². The highest BCUT2D eigenvalue weighted by atomic mass is 35.5. The van der Waals surface area contributed by atoms with E-state index >= 15 is 0 Å². The van der Waals surface area contributed by atoms with Crippen LogP contribution in [-0.4, -0.2) is 30.4 Å². The lowest BCUT2D eigenvalue weighted by Crippen LogP contribution is -2.37. The summed E-state index contributed by atoms with van der Waals surface area (Å²) in [5, 5.41) is 4.28. The Morgan fingerprint density at radius 3 is 2.59 bits per heavy atom. The molecule has 6 nitrogen and oxygen atoms in total. The molecule has 9 heteroatoms. The van der Waals surface area contributed by atoms with Gasteiger partial charge < -0.3 is 15.0 Å². The van der Waals surface area contributed by atoms with Crippen molar-refractivity contribution in [3.8, 4) is 5.75 Å². The van der Waals surface area contributed by atoms with E-state index in [9.17, 15) is 9.59 Å². The lowest BCUT2D eigenvalue weighted by atomic mass is 10.1. The molecule has 0 aliphatic heterocycles. The highest BCUT2D eigenvalue weighted by Crippen LogP contribution is 2.36. The number of carbonyl (C=O) groups excluding carboxylic acids is 2. The standard InChI is InChI=1S/C28H25Cl2N3O3S/c1-17-7-9-19(10-8-17)11-14-25(34)31-15-26(35)33(3)22-13-12-21(29)20(27(22)30)16-36-23-5-4-6-24-28(23)32-18(2)37-24/h4-14H,15-16H2,1-3H3,(H,31,34)/b14-11+. The number of rotatable bonds is 8. The van der Waals surface area contributed by atoms with E-state index in [-0.39, 0.29) is 25.0 Å². The van der Waals surface area contributed by atoms with Crippen molar-refractivity contribution >= 4 is 68.3 Å². The summed E-state index contributed by atoms with van der Waals surface area (Å²) in [4.78, 5) is 30.9. The first-order valence-corrected chi connectivity index (χ1v) is 13.0. The average molecular weight is 554 g/mol. The first-order chi connectivity index (χ1) is 17.7. The van der Waals surface area contributed by atoms with E-state index in [4.69, 9.17) is 27.9 Å². The van der Waals surface area contributed by atoms with Gasteiger partial charge in [-0.15, -0.1) is 11.3 Å². The van der Waals surface area contributed by atoms with Crippen LogP contribution < -0.4 is 15.0 Å². The summed E-state index contributed by atoms with van der Waals surface area (Å²) in [6, 6.07) is 16.8. The molecule has 2 amide bonds. The first kappa shape index (κ1) is 26.7. The number of aromatic nitrogens is 1. The Kier molecular flexibility index (Phi) is 8.48. The molecule has 1 N–H and O–H groups in total. The summed E-state index contributed by atoms with van der Waals surface area (Å²) >= 11 is 14.7. The lowest BCUT2D eigenvalue weighted by Gasteiger charge is -2.21. The maximum atomic E-state index is 12.8. The third-order valence-electron chi connectivity index (χ3n) is 5.68. The zero-order chi connectivity index (χ0) is 26.5. The van der Waals surface area contributed by atoms with Crippen molar-refractivity contribution in [3.05, 3.63) is 92.4 Å². The van der Waals surface area contributed by atoms with Gasteiger partial charge in [0.05, 0.1) is 27.0 Å². The number of carbonyl (C=O) groups is 2. The van der Waals surface area contributed by atoms with Crippen LogP contribution in [0, 0.1) is 13.8 Å². The van der Waals surface area contributed by atoms with Crippen LogP contribution in [0.2, 0.25) is 10.0 Å². The minimum Gasteiger partial charge on any atom is -0.486 e. The van der Waals surface area contributed by atoms with Crippen LogP contribution in [0.3, 0.4) is 0 Å². The van der Waals surface area contributed by atoms with Crippen molar-refractivity contribution in [1.29, 1.82) is 0 Å². The molecule has 0 spiro atoms. The number of hydrogen-bond acceptors (Lipinski definition) is 5. The fourth-order valence-corrected chi connectivity index (χ4v) is 5.05. The van der Waals surface area contributed by atoms with Crippen LogP contribution >= 0.6 is 34.5 Å². The van der Waals surface area contributed by atoms with Crippen molar-refractivity contribution in [2.75, 3.05) is 18.5 Å². The van der Waals surface area contributed by atoms with Gasteiger partial charge >= 0.3 is 0 Å². The number of aryl methyl sites for hydroxylation is 2. The van der Waals surface area contributed by atoms with E-state index in [1.807, 2.05) is 56.3 Å². The van der Waals surface area contributed by atoms with Gasteiger partial charge in [0.15, 0.2) is 0 Å². The number of amides is 2. The molecule has 1 aromatic heterocycles. The molecule has 1 heterocycles. The molecular weight excluding hydrogens is 529 g/mol. The van der Waals surface area contributed by atoms with Crippen molar-refractivity contribution < 1.29 is 14.3 Å². The van der Waals surface area contributed by atoms with Gasteiger partial charge in [-0.3, -0.25) is 9.59 Å². The first-order valence-electron chi connectivity index (χ1n) is 11.5. The van der Waals surface area contributed by atoms with E-state index in [2.05, 4.69) is 10.3 Å². The predicted octanol–water partition coefficient (Wildman–Crippen LogP) is 6.59. The second-order valence-corrected chi connectivity index (χ2v) is 10.4. The summed E-state index contributed by atoms with van der Waals surface area (Å²) in [6.45, 7) is 3.85. The Balaban J connectivity index is 1.41. The topological polar surface area (TPSA) is 71.5 Å². The van der Waals surface area contributed by atoms with Gasteiger partial charge in [0.25, 0.3) is 0 Å². The highest BCUT2D eigenvalue weighted by molar-refractivity contribution is 7.18. The minimum absolute atomic E-state index is 0.101. The molecule has 3 aromatic carbocycles. The number of ether oxygens (including phenoxy) is 1. The number of nitrogens with zero attached hydrogens (tertiary/aromatic N) is 2. The number of halogens is 2. The quantitative estimate of drug-likeness (QED) is 0.250. The second-order valence-electron chi connectivity index (χ2n) is 8.40. The molecule has 0 saturated heterocycles. The summed E-state index contributed by atoms with van der Waals surface area (Å²) in [6.07, 6.45) is 3.09. The van der Waals surface area contributed by atoms with Gasteiger partial charge in [-0.25, -0.2) is 4.98 Å². The van der Waals surface area contributed by atoms with E-state index in [0.717, 1.165) is 26.4 Å². The van der Waals surface area contributed by atoms with Gasteiger partial charge in [0.2, 0.25) is 11.8 Å². The molecule has 0 aliphatic carbocycles. The van der Waals surface area contributed by atoms with Gasteiger partial charge in [0.1, 0.15) is 17.9 Å². The van der Waals surface area contributed by atoms with Crippen molar-refractivity contribution in [3.63, 3.8) is 0 Å². The van der Waals surface area contributed by atoms with Gasteiger partial charge in [-0.05, 0) is 49.8 Å². The highest BCUT2D eigenvalue weighted by Gasteiger charge is 2.19. The molecule has 0 fully saturated rings. The normalized spacial score (nSPS) is 11.2. The number of anilines is 1. The maximum Gasteiger partial charge on any atom is 0.246 e. The largest absolute Gasteiger partial charge is 0.486 e. The summed E-state index contributed by atoms with van der Waals surface area (Å²) in [7, 11) is 1.59. The van der Waals surface area contributed by atoms with Crippen LogP contribution in [0.15, 0.2) is 60.7 Å². The Morgan fingerprint density at radius 2 is 1.84 bits per heavy atom. The molecule has 190 valence electrons. The van der Waals surface area contributed by atoms with Crippen molar-refractivity contribution in [2.45, 2.75) is 20.5 Å². The van der Waals surface area contributed by atoms with Gasteiger partial charge in [-0.2, -0.15) is 0 Å². The molecule has 0 saturated carbocycles. The van der Waals surface area contributed by atoms with Crippen LogP contribution in [0.5, 0.6) is 5.75 Å². The predicted molar refractivity (Wildman–Crippen MR) is 152 cm³/mol. The SMILES string of the molecule is Cc1ccc(/C=C/C(=O)NCC(=O)N(C)c2ccc(Cl)c(COc3cccc4sc(C)nc34)c2Cl)cc1. The van der Waals surface area contributed by atoms with Crippen LogP contribution in [0.1, 0.15) is 21.7 Å². The summed E-state index contributed by atoms with van der Waals surface area (Å²) in [5.41, 5.74) is 3.83. The zero-order valence-corrected chi connectivity index (χ0v) is 22.9. The Labute approximate surface area is 229 Å². The van der Waals surface area contributed by atoms with Crippen LogP contribution in [0.4, 0.5) is 5.69 Å². The van der Waals surface area contributed by atoms with E-state index < -0.39 is 0 Å². The number of likely N-dealkylation sites (N-methyl/N-ethyl adjacent to an activating group) is 1. The number of para-hydroxylation sites is 1. The Bertz CT molecular complexity index is 1480. The van der Waals surface area contributed by atoms with E-state index in [0.29, 0.717) is 27.0 Å². The molecule has 4 aromatic rings. The second kappa shape index (κ2) is 11.8. The fourth-order valence-electron chi connectivity index (χ4n) is 3.60. The molecular formula is C28H25Cl2N3O3S. The number of hydrogen-bond donors (Lipinski definition) is 1. The molecule has 0 bridgehead atoms. The van der Waals surface area contributed by atoms with E-state index in [1.54, 1.807) is 36.6 Å². The molecule has 0 unspecified atom stereocenters. The molecule has 0 aliphatic rings. The molecule has 0 atom stereocenters. The van der Waals surface area contributed by atoms with Crippen LogP contribution in [-0.2, 0) is 16.2 Å². The molecule has 0 radical (unpaired) electrons. The maximum absolute atomic E-state index is 12.8. The number of benzene rings is 3. The van der Waals surface area contributed by atoms with Gasteiger partial charge in [0, 0.05) is 23.7 Å². The monoisotopic (exact) mass is 553 g/mol. The van der Waals surface area contributed by atoms with Gasteiger partial charge in [-0.1, -0.05) is 59.1 Å². The number of fused-ring (bicyclic) bond motifs is 1.